The molecule has 0 radical (unpaired) electrons. The number of ether oxygens (including phenoxy) is 1. The number of anilines is 1. The highest BCUT2D eigenvalue weighted by molar-refractivity contribution is 7.21. The van der Waals surface area contributed by atoms with Crippen molar-refractivity contribution in [3.05, 3.63) is 32.7 Å². The van der Waals surface area contributed by atoms with Crippen LogP contribution in [0.5, 0.6) is 0 Å². The van der Waals surface area contributed by atoms with Crippen molar-refractivity contribution in [1.82, 2.24) is 0 Å². The Morgan fingerprint density at radius 2 is 2.05 bits per heavy atom. The molecule has 2 N–H and O–H groups in total. The summed E-state index contributed by atoms with van der Waals surface area (Å²) in [6, 6.07) is 1.11. The Labute approximate surface area is 119 Å². The van der Waals surface area contributed by atoms with E-state index < -0.39 is 28.3 Å². The van der Waals surface area contributed by atoms with Crippen molar-refractivity contribution < 1.29 is 27.6 Å². The minimum absolute atomic E-state index is 0.102. The molecule has 0 amide bonds. The van der Waals surface area contributed by atoms with Gasteiger partial charge < -0.3 is 10.5 Å². The van der Waals surface area contributed by atoms with Crippen LogP contribution in [0.15, 0.2) is 12.1 Å². The van der Waals surface area contributed by atoms with Crippen LogP contribution >= 0.6 is 11.3 Å². The molecule has 0 aliphatic rings. The van der Waals surface area contributed by atoms with E-state index in [1.54, 1.807) is 0 Å². The number of hydrogen-bond donors (Lipinski definition) is 1. The number of carbonyl (C=O) groups excluding carboxylic acids is 1. The van der Waals surface area contributed by atoms with Crippen LogP contribution < -0.4 is 5.73 Å². The molecule has 0 aliphatic carbocycles. The smallest absolute Gasteiger partial charge is 0.416 e. The van der Waals surface area contributed by atoms with Crippen molar-refractivity contribution >= 4 is 38.8 Å². The SMILES string of the molecule is COC(=O)c1sc2cc(C(F)(F)F)cc([N+](=O)[O-])c2c1N. The highest BCUT2D eigenvalue weighted by Gasteiger charge is 2.35. The number of alkyl halides is 3. The molecular weight excluding hydrogens is 313 g/mol. The van der Waals surface area contributed by atoms with Gasteiger partial charge in [-0.1, -0.05) is 0 Å². The summed E-state index contributed by atoms with van der Waals surface area (Å²) in [6.45, 7) is 0. The zero-order chi connectivity index (χ0) is 15.9. The lowest BCUT2D eigenvalue weighted by atomic mass is 10.1. The van der Waals surface area contributed by atoms with E-state index in [1.165, 1.54) is 0 Å². The van der Waals surface area contributed by atoms with Gasteiger partial charge in [0.25, 0.3) is 5.69 Å². The van der Waals surface area contributed by atoms with E-state index in [-0.39, 0.29) is 20.7 Å². The Hall–Kier alpha value is -2.36. The minimum atomic E-state index is -4.75. The second kappa shape index (κ2) is 4.88. The van der Waals surface area contributed by atoms with Crippen LogP contribution in [0.25, 0.3) is 10.1 Å². The second-order valence-corrected chi connectivity index (χ2v) is 5.01. The summed E-state index contributed by atoms with van der Waals surface area (Å²) < 4.78 is 42.6. The number of methoxy groups -OCH3 is 1. The summed E-state index contributed by atoms with van der Waals surface area (Å²) in [5.41, 5.74) is 3.39. The zero-order valence-electron chi connectivity index (χ0n) is 10.4. The van der Waals surface area contributed by atoms with Gasteiger partial charge in [0.05, 0.1) is 28.7 Å². The molecule has 2 rings (SSSR count). The molecule has 1 heterocycles. The van der Waals surface area contributed by atoms with Crippen LogP contribution in [0.3, 0.4) is 0 Å². The Bertz CT molecular complexity index is 754. The average Bonchev–Trinajstić information content (AvgIpc) is 2.73. The number of nitro benzene ring substituents is 1. The first-order valence-electron chi connectivity index (χ1n) is 5.32. The van der Waals surface area contributed by atoms with E-state index >= 15 is 0 Å². The molecule has 0 saturated carbocycles. The molecule has 21 heavy (non-hydrogen) atoms. The fourth-order valence-corrected chi connectivity index (χ4v) is 2.88. The van der Waals surface area contributed by atoms with Gasteiger partial charge in [0, 0.05) is 10.8 Å². The molecule has 0 spiro atoms. The number of nitrogens with zero attached hydrogens (tertiary/aromatic N) is 1. The van der Waals surface area contributed by atoms with Crippen LogP contribution in [-0.4, -0.2) is 18.0 Å². The largest absolute Gasteiger partial charge is 0.465 e. The lowest BCUT2D eigenvalue weighted by molar-refractivity contribution is -0.383. The third-order valence-corrected chi connectivity index (χ3v) is 3.83. The van der Waals surface area contributed by atoms with Gasteiger partial charge >= 0.3 is 12.1 Å². The van der Waals surface area contributed by atoms with Gasteiger partial charge in [-0.3, -0.25) is 10.1 Å². The standard InChI is InChI=1S/C11H7F3N2O4S/c1-20-10(17)9-8(15)7-5(16(18)19)2-4(11(12,13)14)3-6(7)21-9/h2-3H,15H2,1H3. The van der Waals surface area contributed by atoms with Crippen LogP contribution in [0.2, 0.25) is 0 Å². The average molecular weight is 320 g/mol. The maximum Gasteiger partial charge on any atom is 0.416 e. The number of rotatable bonds is 2. The molecular formula is C11H7F3N2O4S. The summed E-state index contributed by atoms with van der Waals surface area (Å²) in [5, 5.41) is 10.8. The predicted octanol–water partition coefficient (Wildman–Crippen LogP) is 3.20. The molecule has 112 valence electrons. The van der Waals surface area contributed by atoms with E-state index in [9.17, 15) is 28.1 Å². The van der Waals surface area contributed by atoms with E-state index in [0.717, 1.165) is 13.2 Å². The molecule has 0 bridgehead atoms. The lowest BCUT2D eigenvalue weighted by Gasteiger charge is -2.06. The number of carbonyl (C=O) groups is 1. The maximum absolute atomic E-state index is 12.8. The number of nitrogens with two attached hydrogens (primary N) is 1. The first-order valence-corrected chi connectivity index (χ1v) is 6.14. The molecule has 1 aromatic carbocycles. The Morgan fingerprint density at radius 3 is 2.52 bits per heavy atom. The Kier molecular flexibility index (Phi) is 3.49. The summed E-state index contributed by atoms with van der Waals surface area (Å²) in [6.07, 6.45) is -4.75. The van der Waals surface area contributed by atoms with Gasteiger partial charge in [0.2, 0.25) is 0 Å². The monoisotopic (exact) mass is 320 g/mol. The molecule has 0 fully saturated rings. The van der Waals surface area contributed by atoms with E-state index in [4.69, 9.17) is 5.73 Å². The summed E-state index contributed by atoms with van der Waals surface area (Å²) >= 11 is 0.614. The fourth-order valence-electron chi connectivity index (χ4n) is 1.78. The summed E-state index contributed by atoms with van der Waals surface area (Å²) in [4.78, 5) is 21.3. The number of fused-ring (bicyclic) bond motifs is 1. The first-order chi connectivity index (χ1) is 9.66. The van der Waals surface area contributed by atoms with Crippen LogP contribution in [0, 0.1) is 10.1 Å². The lowest BCUT2D eigenvalue weighted by Crippen LogP contribution is -2.06. The highest BCUT2D eigenvalue weighted by atomic mass is 32.1. The Balaban J connectivity index is 2.85. The third kappa shape index (κ3) is 2.49. The van der Waals surface area contributed by atoms with Crippen molar-refractivity contribution in [3.8, 4) is 0 Å². The van der Waals surface area contributed by atoms with Crippen molar-refractivity contribution in [3.63, 3.8) is 0 Å². The molecule has 0 aliphatic heterocycles. The van der Waals surface area contributed by atoms with Crippen LogP contribution in [0.4, 0.5) is 24.5 Å². The Morgan fingerprint density at radius 1 is 1.43 bits per heavy atom. The quantitative estimate of drug-likeness (QED) is 0.521. The molecule has 6 nitrogen and oxygen atoms in total. The molecule has 10 heteroatoms. The van der Waals surface area contributed by atoms with Gasteiger partial charge in [-0.2, -0.15) is 13.2 Å². The molecule has 1 aromatic heterocycles. The normalized spacial score (nSPS) is 11.6. The number of halogens is 3. The number of nitro groups is 1. The van der Waals surface area contributed by atoms with Crippen molar-refractivity contribution in [2.24, 2.45) is 0 Å². The number of hydrogen-bond acceptors (Lipinski definition) is 6. The van der Waals surface area contributed by atoms with E-state index in [2.05, 4.69) is 4.74 Å². The fraction of sp³-hybridized carbons (Fsp3) is 0.182. The minimum Gasteiger partial charge on any atom is -0.465 e. The van der Waals surface area contributed by atoms with E-state index in [0.29, 0.717) is 17.4 Å². The predicted molar refractivity (Wildman–Crippen MR) is 69.2 cm³/mol. The second-order valence-electron chi connectivity index (χ2n) is 3.96. The number of esters is 1. The third-order valence-electron chi connectivity index (χ3n) is 2.70. The zero-order valence-corrected chi connectivity index (χ0v) is 11.2. The molecule has 2 aromatic rings. The van der Waals surface area contributed by atoms with Gasteiger partial charge in [0.1, 0.15) is 4.88 Å². The molecule has 0 saturated heterocycles. The summed E-state index contributed by atoms with van der Waals surface area (Å²) in [5.74, 6) is -0.864. The topological polar surface area (TPSA) is 95.5 Å². The van der Waals surface area contributed by atoms with Crippen molar-refractivity contribution in [2.75, 3.05) is 12.8 Å². The van der Waals surface area contributed by atoms with Gasteiger partial charge in [-0.15, -0.1) is 11.3 Å². The maximum atomic E-state index is 12.8. The molecule has 0 unspecified atom stereocenters. The van der Waals surface area contributed by atoms with Crippen molar-refractivity contribution in [1.29, 1.82) is 0 Å². The van der Waals surface area contributed by atoms with Gasteiger partial charge in [-0.25, -0.2) is 4.79 Å². The van der Waals surface area contributed by atoms with Crippen molar-refractivity contribution in [2.45, 2.75) is 6.18 Å². The van der Waals surface area contributed by atoms with Crippen LogP contribution in [-0.2, 0) is 10.9 Å². The summed E-state index contributed by atoms with van der Waals surface area (Å²) in [7, 11) is 1.07. The number of thiophene rings is 1. The molecule has 0 atom stereocenters. The number of nitrogen functional groups attached to an aromatic ring is 1. The van der Waals surface area contributed by atoms with Gasteiger partial charge in [-0.05, 0) is 6.07 Å². The first kappa shape index (κ1) is 15.0. The highest BCUT2D eigenvalue weighted by Crippen LogP contribution is 2.43. The van der Waals surface area contributed by atoms with Gasteiger partial charge in [0.15, 0.2) is 0 Å². The van der Waals surface area contributed by atoms with E-state index in [1.807, 2.05) is 0 Å². The number of benzene rings is 1. The van der Waals surface area contributed by atoms with Crippen LogP contribution in [0.1, 0.15) is 15.2 Å². The number of non-ortho nitro benzene ring substituents is 1.